The minimum Gasteiger partial charge on any atom is -0.297 e. The highest BCUT2D eigenvalue weighted by atomic mass is 19.1. The summed E-state index contributed by atoms with van der Waals surface area (Å²) < 4.78 is 27.1. The molecule has 1 saturated carbocycles. The van der Waals surface area contributed by atoms with E-state index in [1.165, 1.54) is 0 Å². The topological polar surface area (TPSA) is 20.3 Å². The summed E-state index contributed by atoms with van der Waals surface area (Å²) in [6.07, 6.45) is 6.08. The molecule has 1 aromatic rings. The number of Topliss-reactive ketones (excluding diaryl/α,β-unsaturated/α-hetero) is 1. The van der Waals surface area contributed by atoms with E-state index in [9.17, 15) is 13.6 Å². The second-order valence-electron chi connectivity index (χ2n) is 6.27. The first-order valence-corrected chi connectivity index (χ1v) is 7.84. The fraction of sp³-hybridized carbons (Fsp3) is 0.588. The summed E-state index contributed by atoms with van der Waals surface area (Å²) in [7, 11) is 0. The van der Waals surface area contributed by atoms with Crippen LogP contribution in [0.4, 0.5) is 8.78 Å². The van der Waals surface area contributed by atoms with Crippen molar-refractivity contribution >= 4 is 5.78 Å². The van der Waals surface area contributed by atoms with Gasteiger partial charge in [-0.3, -0.25) is 9.69 Å². The molecule has 0 spiro atoms. The summed E-state index contributed by atoms with van der Waals surface area (Å²) >= 11 is 0. The molecule has 2 nitrogen and oxygen atoms in total. The molecule has 4 heteroatoms. The summed E-state index contributed by atoms with van der Waals surface area (Å²) in [4.78, 5) is 15.1. The fourth-order valence-electron chi connectivity index (χ4n) is 3.89. The average molecular weight is 293 g/mol. The van der Waals surface area contributed by atoms with Gasteiger partial charge in [0.2, 0.25) is 0 Å². The highest BCUT2D eigenvalue weighted by Gasteiger charge is 2.46. The lowest BCUT2D eigenvalue weighted by Gasteiger charge is -2.37. The van der Waals surface area contributed by atoms with Gasteiger partial charge < -0.3 is 0 Å². The first-order valence-electron chi connectivity index (χ1n) is 7.84. The second kappa shape index (κ2) is 5.84. The van der Waals surface area contributed by atoms with Crippen LogP contribution in [0.2, 0.25) is 0 Å². The van der Waals surface area contributed by atoms with Crippen LogP contribution < -0.4 is 0 Å². The van der Waals surface area contributed by atoms with Crippen LogP contribution in [0.1, 0.15) is 44.1 Å². The summed E-state index contributed by atoms with van der Waals surface area (Å²) in [5.41, 5.74) is -0.236. The van der Waals surface area contributed by atoms with Crippen molar-refractivity contribution in [3.63, 3.8) is 0 Å². The summed E-state index contributed by atoms with van der Waals surface area (Å²) in [6.45, 7) is 1.91. The summed E-state index contributed by atoms with van der Waals surface area (Å²) in [5, 5.41) is 0. The third-order valence-electron chi connectivity index (χ3n) is 5.02. The monoisotopic (exact) mass is 293 g/mol. The zero-order valence-corrected chi connectivity index (χ0v) is 12.2. The van der Waals surface area contributed by atoms with E-state index in [1.54, 1.807) is 0 Å². The van der Waals surface area contributed by atoms with Crippen LogP contribution in [0, 0.1) is 11.6 Å². The minimum absolute atomic E-state index is 0.0000926. The molecule has 0 atom stereocenters. The lowest BCUT2D eigenvalue weighted by molar-refractivity contribution is -0.129. The Labute approximate surface area is 124 Å². The quantitative estimate of drug-likeness (QED) is 0.847. The van der Waals surface area contributed by atoms with Gasteiger partial charge >= 0.3 is 0 Å². The molecule has 1 aromatic carbocycles. The average Bonchev–Trinajstić information content (AvgIpc) is 3.13. The maximum Gasteiger partial charge on any atom is 0.157 e. The summed E-state index contributed by atoms with van der Waals surface area (Å²) in [5.74, 6) is -0.911. The molecule has 1 aliphatic heterocycles. The number of nitrogens with zero attached hydrogens (tertiary/aromatic N) is 1. The van der Waals surface area contributed by atoms with E-state index in [2.05, 4.69) is 4.90 Å². The molecule has 2 aliphatic rings. The molecule has 0 aromatic heterocycles. The molecular weight excluding hydrogens is 272 g/mol. The van der Waals surface area contributed by atoms with E-state index in [0.29, 0.717) is 0 Å². The van der Waals surface area contributed by atoms with E-state index in [1.807, 2.05) is 0 Å². The van der Waals surface area contributed by atoms with E-state index in [4.69, 9.17) is 0 Å². The lowest BCUT2D eigenvalue weighted by atomic mass is 9.86. The number of benzene rings is 1. The zero-order chi connectivity index (χ0) is 14.9. The molecule has 0 amide bonds. The Kier molecular flexibility index (Phi) is 4.07. The molecule has 3 rings (SSSR count). The number of likely N-dealkylation sites (tertiary alicyclic amines) is 1. The first kappa shape index (κ1) is 14.6. The zero-order valence-electron chi connectivity index (χ0n) is 12.2. The maximum atomic E-state index is 13.8. The van der Waals surface area contributed by atoms with Crippen LogP contribution in [0.15, 0.2) is 18.2 Å². The Bertz CT molecular complexity index is 532. The van der Waals surface area contributed by atoms with Crippen molar-refractivity contribution in [2.45, 2.75) is 50.5 Å². The Hall–Kier alpha value is -1.29. The first-order chi connectivity index (χ1) is 10.1. The number of hydrogen-bond acceptors (Lipinski definition) is 2. The smallest absolute Gasteiger partial charge is 0.157 e. The molecule has 1 heterocycles. The van der Waals surface area contributed by atoms with Gasteiger partial charge in [-0.25, -0.2) is 8.78 Å². The Morgan fingerprint density at radius 1 is 1.10 bits per heavy atom. The molecule has 0 unspecified atom stereocenters. The molecular formula is C17H21F2NO. The molecule has 1 aliphatic carbocycles. The molecule has 21 heavy (non-hydrogen) atoms. The van der Waals surface area contributed by atoms with Gasteiger partial charge in [0.05, 0.1) is 5.54 Å². The van der Waals surface area contributed by atoms with Crippen molar-refractivity contribution in [2.75, 3.05) is 13.1 Å². The van der Waals surface area contributed by atoms with Crippen molar-refractivity contribution in [3.8, 4) is 0 Å². The number of rotatable bonds is 4. The van der Waals surface area contributed by atoms with Gasteiger partial charge in [-0.05, 0) is 62.5 Å². The van der Waals surface area contributed by atoms with Crippen LogP contribution in [-0.4, -0.2) is 29.3 Å². The van der Waals surface area contributed by atoms with Crippen molar-refractivity contribution < 1.29 is 13.6 Å². The predicted molar refractivity (Wildman–Crippen MR) is 77.1 cm³/mol. The normalized spacial score (nSPS) is 21.8. The summed E-state index contributed by atoms with van der Waals surface area (Å²) in [6, 6.07) is 3.35. The molecule has 0 N–H and O–H groups in total. The number of carbonyl (C=O) groups excluding carboxylic acids is 1. The van der Waals surface area contributed by atoms with Gasteiger partial charge in [-0.15, -0.1) is 0 Å². The Morgan fingerprint density at radius 2 is 1.76 bits per heavy atom. The second-order valence-corrected chi connectivity index (χ2v) is 6.27. The Morgan fingerprint density at radius 3 is 2.43 bits per heavy atom. The van der Waals surface area contributed by atoms with Gasteiger partial charge in [0, 0.05) is 6.42 Å². The van der Waals surface area contributed by atoms with Crippen molar-refractivity contribution in [1.29, 1.82) is 0 Å². The van der Waals surface area contributed by atoms with E-state index in [0.717, 1.165) is 69.8 Å². The highest BCUT2D eigenvalue weighted by Crippen LogP contribution is 2.39. The minimum atomic E-state index is -0.487. The maximum absolute atomic E-state index is 13.8. The predicted octanol–water partition coefficient (Wildman–Crippen LogP) is 3.49. The number of carbonyl (C=O) groups is 1. The molecule has 0 bridgehead atoms. The number of halogens is 2. The van der Waals surface area contributed by atoms with Gasteiger partial charge in [0.1, 0.15) is 11.6 Å². The standard InChI is InChI=1S/C17H21F2NO/c18-14-5-6-15(19)13(11-14)12-16(21)17(7-1-2-8-17)20-9-3-4-10-20/h5-6,11H,1-4,7-10,12H2. The van der Waals surface area contributed by atoms with Crippen LogP contribution in [0.5, 0.6) is 0 Å². The fourth-order valence-corrected chi connectivity index (χ4v) is 3.89. The lowest BCUT2D eigenvalue weighted by Crippen LogP contribution is -2.52. The van der Waals surface area contributed by atoms with E-state index in [-0.39, 0.29) is 17.8 Å². The van der Waals surface area contributed by atoms with Gasteiger partial charge in [-0.2, -0.15) is 0 Å². The van der Waals surface area contributed by atoms with Gasteiger partial charge in [0.25, 0.3) is 0 Å². The number of hydrogen-bond donors (Lipinski definition) is 0. The van der Waals surface area contributed by atoms with Crippen LogP contribution >= 0.6 is 0 Å². The van der Waals surface area contributed by atoms with Gasteiger partial charge in [0.15, 0.2) is 5.78 Å². The van der Waals surface area contributed by atoms with Gasteiger partial charge in [-0.1, -0.05) is 12.8 Å². The van der Waals surface area contributed by atoms with Crippen LogP contribution in [0.3, 0.4) is 0 Å². The van der Waals surface area contributed by atoms with Crippen molar-refractivity contribution in [1.82, 2.24) is 4.90 Å². The van der Waals surface area contributed by atoms with Crippen molar-refractivity contribution in [3.05, 3.63) is 35.4 Å². The third-order valence-corrected chi connectivity index (χ3v) is 5.02. The van der Waals surface area contributed by atoms with E-state index < -0.39 is 17.2 Å². The van der Waals surface area contributed by atoms with Crippen molar-refractivity contribution in [2.24, 2.45) is 0 Å². The molecule has 0 radical (unpaired) electrons. The highest BCUT2D eigenvalue weighted by molar-refractivity contribution is 5.90. The molecule has 1 saturated heterocycles. The molecule has 114 valence electrons. The van der Waals surface area contributed by atoms with E-state index >= 15 is 0 Å². The molecule has 2 fully saturated rings. The SMILES string of the molecule is O=C(Cc1cc(F)ccc1F)C1(N2CCCC2)CCCC1. The number of ketones is 1. The van der Waals surface area contributed by atoms with Crippen LogP contribution in [-0.2, 0) is 11.2 Å². The Balaban J connectivity index is 1.83. The van der Waals surface area contributed by atoms with Crippen LogP contribution in [0.25, 0.3) is 0 Å². The third kappa shape index (κ3) is 2.73. The largest absolute Gasteiger partial charge is 0.297 e.